The highest BCUT2D eigenvalue weighted by molar-refractivity contribution is 7.99. The molecule has 6 heteroatoms. The molecule has 2 heterocycles. The summed E-state index contributed by atoms with van der Waals surface area (Å²) >= 11 is 1.80. The number of anilines is 1. The number of pyridine rings is 1. The lowest BCUT2D eigenvalue weighted by Crippen LogP contribution is -2.44. The minimum Gasteiger partial charge on any atom is -0.354 e. The zero-order valence-corrected chi connectivity index (χ0v) is 17.1. The SMILES string of the molecule is CC(C)Sc1ccc(C(=O)NCc2ccnc(N3CCN(C)CC3)c2)cc1. The topological polar surface area (TPSA) is 48.5 Å². The largest absolute Gasteiger partial charge is 0.354 e. The molecular formula is C21H28N4OS. The van der Waals surface area contributed by atoms with Crippen LogP contribution in [0.4, 0.5) is 5.82 Å². The van der Waals surface area contributed by atoms with Crippen LogP contribution in [0.15, 0.2) is 47.5 Å². The van der Waals surface area contributed by atoms with Crippen molar-refractivity contribution in [2.45, 2.75) is 30.5 Å². The molecule has 27 heavy (non-hydrogen) atoms. The maximum atomic E-state index is 12.4. The predicted octanol–water partition coefficient (Wildman–Crippen LogP) is 3.26. The van der Waals surface area contributed by atoms with E-state index in [2.05, 4.69) is 47.1 Å². The molecule has 0 atom stereocenters. The van der Waals surface area contributed by atoms with E-state index in [1.54, 1.807) is 11.8 Å². The molecule has 1 aliphatic heterocycles. The highest BCUT2D eigenvalue weighted by Crippen LogP contribution is 2.23. The van der Waals surface area contributed by atoms with Gasteiger partial charge < -0.3 is 15.1 Å². The molecule has 3 rings (SSSR count). The van der Waals surface area contributed by atoms with E-state index in [9.17, 15) is 4.79 Å². The first kappa shape index (κ1) is 19.7. The van der Waals surface area contributed by atoms with Crippen molar-refractivity contribution in [3.63, 3.8) is 0 Å². The van der Waals surface area contributed by atoms with Gasteiger partial charge in [-0.25, -0.2) is 4.98 Å². The second kappa shape index (κ2) is 9.24. The highest BCUT2D eigenvalue weighted by atomic mass is 32.2. The number of carbonyl (C=O) groups is 1. The lowest BCUT2D eigenvalue weighted by atomic mass is 10.2. The number of thioether (sulfide) groups is 1. The van der Waals surface area contributed by atoms with Gasteiger partial charge in [0.05, 0.1) is 0 Å². The van der Waals surface area contributed by atoms with Gasteiger partial charge in [0.2, 0.25) is 0 Å². The second-order valence-electron chi connectivity index (χ2n) is 7.19. The molecule has 0 unspecified atom stereocenters. The van der Waals surface area contributed by atoms with Gasteiger partial charge in [0.15, 0.2) is 0 Å². The molecule has 1 aromatic heterocycles. The first-order valence-corrected chi connectivity index (χ1v) is 10.3. The van der Waals surface area contributed by atoms with Crippen LogP contribution >= 0.6 is 11.8 Å². The van der Waals surface area contributed by atoms with E-state index < -0.39 is 0 Å². The zero-order chi connectivity index (χ0) is 19.2. The molecule has 144 valence electrons. The van der Waals surface area contributed by atoms with Crippen LogP contribution in [0, 0.1) is 0 Å². The third kappa shape index (κ3) is 5.71. The molecule has 1 fully saturated rings. The Morgan fingerprint density at radius 1 is 1.15 bits per heavy atom. The number of piperazine rings is 1. The van der Waals surface area contributed by atoms with Crippen molar-refractivity contribution in [1.29, 1.82) is 0 Å². The fraction of sp³-hybridized carbons (Fsp3) is 0.429. The molecule has 1 N–H and O–H groups in total. The van der Waals surface area contributed by atoms with Crippen molar-refractivity contribution >= 4 is 23.5 Å². The molecular weight excluding hydrogens is 356 g/mol. The molecule has 1 saturated heterocycles. The number of carbonyl (C=O) groups excluding carboxylic acids is 1. The Bertz CT molecular complexity index is 755. The molecule has 2 aromatic rings. The maximum Gasteiger partial charge on any atom is 0.251 e. The molecule has 1 aliphatic rings. The average Bonchev–Trinajstić information content (AvgIpc) is 2.67. The maximum absolute atomic E-state index is 12.4. The van der Waals surface area contributed by atoms with Crippen molar-refractivity contribution < 1.29 is 4.79 Å². The third-order valence-corrected chi connectivity index (χ3v) is 5.59. The highest BCUT2D eigenvalue weighted by Gasteiger charge is 2.15. The van der Waals surface area contributed by atoms with Gasteiger partial charge in [-0.15, -0.1) is 11.8 Å². The molecule has 0 spiro atoms. The van der Waals surface area contributed by atoms with Crippen molar-refractivity contribution in [3.05, 3.63) is 53.7 Å². The molecule has 0 aliphatic carbocycles. The van der Waals surface area contributed by atoms with E-state index in [1.165, 1.54) is 4.90 Å². The summed E-state index contributed by atoms with van der Waals surface area (Å²) in [6.45, 7) is 8.90. The summed E-state index contributed by atoms with van der Waals surface area (Å²) in [5, 5.41) is 3.55. The number of likely N-dealkylation sites (N-methyl/N-ethyl adjacent to an activating group) is 1. The third-order valence-electron chi connectivity index (χ3n) is 4.58. The molecule has 0 radical (unpaired) electrons. The second-order valence-corrected chi connectivity index (χ2v) is 8.84. The normalized spacial score (nSPS) is 15.2. The quantitative estimate of drug-likeness (QED) is 0.775. The number of benzene rings is 1. The van der Waals surface area contributed by atoms with Crippen LogP contribution < -0.4 is 10.2 Å². The van der Waals surface area contributed by atoms with Crippen LogP contribution in [0.2, 0.25) is 0 Å². The summed E-state index contributed by atoms with van der Waals surface area (Å²) < 4.78 is 0. The van der Waals surface area contributed by atoms with Gasteiger partial charge in [-0.05, 0) is 49.0 Å². The van der Waals surface area contributed by atoms with Gasteiger partial charge >= 0.3 is 0 Å². The number of nitrogens with one attached hydrogen (secondary N) is 1. The lowest BCUT2D eigenvalue weighted by Gasteiger charge is -2.33. The van der Waals surface area contributed by atoms with Gasteiger partial charge in [0, 0.05) is 54.6 Å². The fourth-order valence-electron chi connectivity index (χ4n) is 3.02. The number of nitrogens with zero attached hydrogens (tertiary/aromatic N) is 3. The summed E-state index contributed by atoms with van der Waals surface area (Å²) in [4.78, 5) is 22.7. The Kier molecular flexibility index (Phi) is 6.74. The van der Waals surface area contributed by atoms with Crippen LogP contribution in [0.1, 0.15) is 29.8 Å². The smallest absolute Gasteiger partial charge is 0.251 e. The average molecular weight is 385 g/mol. The number of hydrogen-bond donors (Lipinski definition) is 1. The van der Waals surface area contributed by atoms with E-state index in [1.807, 2.05) is 36.5 Å². The Labute approximate surface area is 166 Å². The standard InChI is InChI=1S/C21H28N4OS/c1-16(2)27-19-6-4-18(5-7-19)21(26)23-15-17-8-9-22-20(14-17)25-12-10-24(3)11-13-25/h4-9,14,16H,10-13,15H2,1-3H3,(H,23,26). The number of rotatable bonds is 6. The van der Waals surface area contributed by atoms with E-state index in [4.69, 9.17) is 0 Å². The van der Waals surface area contributed by atoms with E-state index in [0.29, 0.717) is 17.4 Å². The van der Waals surface area contributed by atoms with Crippen LogP contribution in [-0.2, 0) is 6.54 Å². The van der Waals surface area contributed by atoms with E-state index in [0.717, 1.165) is 37.6 Å². The Morgan fingerprint density at radius 3 is 2.52 bits per heavy atom. The first-order chi connectivity index (χ1) is 13.0. The van der Waals surface area contributed by atoms with Crippen molar-refractivity contribution in [2.75, 3.05) is 38.1 Å². The summed E-state index contributed by atoms with van der Waals surface area (Å²) in [5.74, 6) is 0.943. The minimum atomic E-state index is -0.0472. The molecule has 0 bridgehead atoms. The van der Waals surface area contributed by atoms with Crippen molar-refractivity contribution in [1.82, 2.24) is 15.2 Å². The fourth-order valence-corrected chi connectivity index (χ4v) is 3.86. The Hall–Kier alpha value is -2.05. The van der Waals surface area contributed by atoms with Crippen molar-refractivity contribution in [2.24, 2.45) is 0 Å². The minimum absolute atomic E-state index is 0.0472. The van der Waals surface area contributed by atoms with Crippen LogP contribution in [-0.4, -0.2) is 54.3 Å². The predicted molar refractivity (Wildman–Crippen MR) is 113 cm³/mol. The summed E-state index contributed by atoms with van der Waals surface area (Å²) in [7, 11) is 2.14. The van der Waals surface area contributed by atoms with Gasteiger partial charge in [0.1, 0.15) is 5.82 Å². The molecule has 1 amide bonds. The summed E-state index contributed by atoms with van der Waals surface area (Å²) in [5.41, 5.74) is 1.76. The van der Waals surface area contributed by atoms with Crippen molar-refractivity contribution in [3.8, 4) is 0 Å². The number of amides is 1. The van der Waals surface area contributed by atoms with E-state index in [-0.39, 0.29) is 5.91 Å². The van der Waals surface area contributed by atoms with E-state index >= 15 is 0 Å². The van der Waals surface area contributed by atoms with Gasteiger partial charge in [-0.2, -0.15) is 0 Å². The molecule has 5 nitrogen and oxygen atoms in total. The number of hydrogen-bond acceptors (Lipinski definition) is 5. The van der Waals surface area contributed by atoms with Gasteiger partial charge in [0.25, 0.3) is 5.91 Å². The Balaban J connectivity index is 1.56. The first-order valence-electron chi connectivity index (χ1n) is 9.44. The summed E-state index contributed by atoms with van der Waals surface area (Å²) in [6.07, 6.45) is 1.83. The lowest BCUT2D eigenvalue weighted by molar-refractivity contribution is 0.0951. The monoisotopic (exact) mass is 384 g/mol. The summed E-state index contributed by atoms with van der Waals surface area (Å²) in [6, 6.07) is 11.8. The molecule has 1 aromatic carbocycles. The van der Waals surface area contributed by atoms with Gasteiger partial charge in [-0.3, -0.25) is 4.79 Å². The van der Waals surface area contributed by atoms with Crippen LogP contribution in [0.3, 0.4) is 0 Å². The van der Waals surface area contributed by atoms with Gasteiger partial charge in [-0.1, -0.05) is 13.8 Å². The zero-order valence-electron chi connectivity index (χ0n) is 16.3. The Morgan fingerprint density at radius 2 is 1.85 bits per heavy atom. The number of aromatic nitrogens is 1. The van der Waals surface area contributed by atoms with Crippen LogP contribution in [0.25, 0.3) is 0 Å². The molecule has 0 saturated carbocycles. The van der Waals surface area contributed by atoms with Crippen LogP contribution in [0.5, 0.6) is 0 Å².